The van der Waals surface area contributed by atoms with Gasteiger partial charge in [0.2, 0.25) is 0 Å². The van der Waals surface area contributed by atoms with Gasteiger partial charge in [0.1, 0.15) is 0 Å². The molecular weight excluding hydrogens is 515 g/mol. The Labute approximate surface area is 218 Å². The molecular formula is C28H54InO4. The third-order valence-electron chi connectivity index (χ3n) is 6.33. The molecule has 0 aliphatic carbocycles. The van der Waals surface area contributed by atoms with Crippen LogP contribution in [0.5, 0.6) is 0 Å². The fourth-order valence-electron chi connectivity index (χ4n) is 4.12. The van der Waals surface area contributed by atoms with Gasteiger partial charge in [-0.15, -0.1) is 0 Å². The first-order chi connectivity index (χ1) is 16.2. The third kappa shape index (κ3) is 27.9. The fourth-order valence-corrected chi connectivity index (χ4v) is 5.54. The molecule has 0 aromatic heterocycles. The summed E-state index contributed by atoms with van der Waals surface area (Å²) in [6.45, 7) is 4.51. The van der Waals surface area contributed by atoms with Crippen molar-refractivity contribution in [3.05, 3.63) is 0 Å². The van der Waals surface area contributed by atoms with Crippen molar-refractivity contribution in [2.24, 2.45) is 0 Å². The van der Waals surface area contributed by atoms with E-state index in [2.05, 4.69) is 13.8 Å². The van der Waals surface area contributed by atoms with E-state index in [1.54, 1.807) is 0 Å². The van der Waals surface area contributed by atoms with Crippen LogP contribution in [0, 0.1) is 0 Å². The summed E-state index contributed by atoms with van der Waals surface area (Å²) in [5, 5.41) is 0. The summed E-state index contributed by atoms with van der Waals surface area (Å²) < 4.78 is 10.4. The molecule has 0 aliphatic rings. The van der Waals surface area contributed by atoms with Gasteiger partial charge in [0.05, 0.1) is 0 Å². The third-order valence-corrected chi connectivity index (χ3v) is 8.38. The first kappa shape index (κ1) is 32.8. The molecule has 33 heavy (non-hydrogen) atoms. The molecule has 0 aliphatic heterocycles. The quantitative estimate of drug-likeness (QED) is 0.0976. The van der Waals surface area contributed by atoms with Gasteiger partial charge in [0.25, 0.3) is 0 Å². The number of rotatable bonds is 26. The number of hydrogen-bond acceptors (Lipinski definition) is 4. The SMILES string of the molecule is CCCCCCCCCCCCCC(=O)[O][In][O]C(=O)CCCCCCCCCCCCC. The van der Waals surface area contributed by atoms with E-state index in [4.69, 9.17) is 5.71 Å². The molecule has 0 aromatic rings. The molecule has 0 heterocycles. The average molecular weight is 570 g/mol. The van der Waals surface area contributed by atoms with Crippen LogP contribution in [0.25, 0.3) is 0 Å². The molecule has 0 saturated carbocycles. The van der Waals surface area contributed by atoms with Crippen molar-refractivity contribution in [3.8, 4) is 0 Å². The first-order valence-corrected chi connectivity index (χ1v) is 17.1. The van der Waals surface area contributed by atoms with E-state index >= 15 is 0 Å². The van der Waals surface area contributed by atoms with E-state index in [9.17, 15) is 9.59 Å². The molecule has 193 valence electrons. The summed E-state index contributed by atoms with van der Waals surface area (Å²) >= 11 is -1.97. The molecule has 0 bridgehead atoms. The second-order valence-electron chi connectivity index (χ2n) is 9.65. The Morgan fingerprint density at radius 2 is 0.667 bits per heavy atom. The van der Waals surface area contributed by atoms with E-state index in [0.29, 0.717) is 12.8 Å². The zero-order valence-corrected chi connectivity index (χ0v) is 25.5. The van der Waals surface area contributed by atoms with Gasteiger partial charge in [-0.2, -0.15) is 0 Å². The van der Waals surface area contributed by atoms with Crippen molar-refractivity contribution < 1.29 is 15.3 Å². The molecule has 0 amide bonds. The standard InChI is InChI=1S/2C14H28O2.In/c2*1-2-3-4-5-6-7-8-9-10-11-12-13-14(15)16;/h2*2-13H2,1H3,(H,15,16);/q;;+2/p-2. The summed E-state index contributed by atoms with van der Waals surface area (Å²) in [6.07, 6.45) is 28.9. The van der Waals surface area contributed by atoms with Crippen LogP contribution < -0.4 is 0 Å². The van der Waals surface area contributed by atoms with E-state index in [1.807, 2.05) is 0 Å². The first-order valence-electron chi connectivity index (χ1n) is 14.4. The molecule has 0 unspecified atom stereocenters. The summed E-state index contributed by atoms with van der Waals surface area (Å²) in [4.78, 5) is 23.6. The van der Waals surface area contributed by atoms with E-state index < -0.39 is 23.8 Å². The van der Waals surface area contributed by atoms with Crippen molar-refractivity contribution in [1.82, 2.24) is 0 Å². The van der Waals surface area contributed by atoms with Crippen molar-refractivity contribution in [1.29, 1.82) is 0 Å². The zero-order valence-electron chi connectivity index (χ0n) is 22.2. The minimum absolute atomic E-state index is 0.172. The summed E-state index contributed by atoms with van der Waals surface area (Å²) in [5.41, 5.74) is 0. The maximum atomic E-state index is 11.8. The van der Waals surface area contributed by atoms with Crippen LogP contribution in [-0.2, 0) is 15.3 Å². The van der Waals surface area contributed by atoms with Crippen molar-refractivity contribution in [3.63, 3.8) is 0 Å². The summed E-state index contributed by atoms with van der Waals surface area (Å²) in [7, 11) is 0. The van der Waals surface area contributed by atoms with Gasteiger partial charge in [-0.25, -0.2) is 0 Å². The summed E-state index contributed by atoms with van der Waals surface area (Å²) in [5.74, 6) is -0.343. The Kier molecular flexibility index (Phi) is 27.9. The minimum Gasteiger partial charge on any atom is -0.0654 e. The predicted molar refractivity (Wildman–Crippen MR) is 140 cm³/mol. The van der Waals surface area contributed by atoms with Gasteiger partial charge in [-0.1, -0.05) is 39.5 Å². The normalized spacial score (nSPS) is 10.8. The maximum absolute atomic E-state index is 11.8. The van der Waals surface area contributed by atoms with E-state index in [-0.39, 0.29) is 11.9 Å². The van der Waals surface area contributed by atoms with Crippen LogP contribution in [0.3, 0.4) is 0 Å². The minimum atomic E-state index is -1.97. The molecule has 0 N–H and O–H groups in total. The molecule has 0 saturated heterocycles. The Hall–Kier alpha value is -0.190. The van der Waals surface area contributed by atoms with Crippen LogP contribution >= 0.6 is 0 Å². The number of hydrogen-bond donors (Lipinski definition) is 0. The molecule has 0 atom stereocenters. The fraction of sp³-hybridized carbons (Fsp3) is 0.929. The monoisotopic (exact) mass is 569 g/mol. The molecule has 0 fully saturated rings. The second kappa shape index (κ2) is 28.1. The number of unbranched alkanes of at least 4 members (excludes halogenated alkanes) is 20. The molecule has 0 aromatic carbocycles. The predicted octanol–water partition coefficient (Wildman–Crippen LogP) is 9.01. The Bertz CT molecular complexity index is 390. The van der Waals surface area contributed by atoms with Crippen molar-refractivity contribution >= 4 is 35.7 Å². The van der Waals surface area contributed by atoms with Crippen LogP contribution in [-0.4, -0.2) is 35.7 Å². The second-order valence-corrected chi connectivity index (χ2v) is 11.5. The van der Waals surface area contributed by atoms with Crippen molar-refractivity contribution in [2.75, 3.05) is 0 Å². The Morgan fingerprint density at radius 3 is 0.939 bits per heavy atom. The van der Waals surface area contributed by atoms with E-state index in [0.717, 1.165) is 25.7 Å². The number of carbonyl (C=O) groups excluding carboxylic acids is 2. The van der Waals surface area contributed by atoms with Crippen molar-refractivity contribution in [2.45, 2.75) is 168 Å². The molecule has 0 spiro atoms. The van der Waals surface area contributed by atoms with Gasteiger partial charge in [-0.05, 0) is 0 Å². The summed E-state index contributed by atoms with van der Waals surface area (Å²) in [6, 6.07) is 0. The van der Waals surface area contributed by atoms with Gasteiger partial charge in [-0.3, -0.25) is 0 Å². The van der Waals surface area contributed by atoms with Gasteiger partial charge in [0.15, 0.2) is 0 Å². The van der Waals surface area contributed by atoms with Crippen LogP contribution in [0.4, 0.5) is 0 Å². The van der Waals surface area contributed by atoms with Crippen LogP contribution in [0.1, 0.15) is 168 Å². The Balaban J connectivity index is 3.29. The average Bonchev–Trinajstić information content (AvgIpc) is 2.81. The molecule has 0 rings (SSSR count). The van der Waals surface area contributed by atoms with E-state index in [1.165, 1.54) is 116 Å². The molecule has 4 nitrogen and oxygen atoms in total. The van der Waals surface area contributed by atoms with Gasteiger partial charge < -0.3 is 0 Å². The molecule has 1 radical (unpaired) electrons. The molecule has 5 heteroatoms. The number of carbonyl (C=O) groups is 2. The zero-order chi connectivity index (χ0) is 24.2. The van der Waals surface area contributed by atoms with Gasteiger partial charge >= 0.3 is 179 Å². The van der Waals surface area contributed by atoms with Gasteiger partial charge in [0, 0.05) is 0 Å². The smallest absolute Gasteiger partial charge is 0.0654 e. The van der Waals surface area contributed by atoms with Crippen LogP contribution in [0.2, 0.25) is 0 Å². The van der Waals surface area contributed by atoms with Crippen LogP contribution in [0.15, 0.2) is 0 Å². The topological polar surface area (TPSA) is 52.6 Å². The Morgan fingerprint density at radius 1 is 0.424 bits per heavy atom.